The molecule has 0 rings (SSSR count). The SMILES string of the molecule is C=C/C(C)=C(C)\C(=C/C)NCC. The Morgan fingerprint density at radius 1 is 1.42 bits per heavy atom. The van der Waals surface area contributed by atoms with E-state index in [0.717, 1.165) is 6.54 Å². The first-order chi connectivity index (χ1) is 5.67. The molecule has 0 aliphatic carbocycles. The number of hydrogen-bond acceptors (Lipinski definition) is 1. The van der Waals surface area contributed by atoms with Gasteiger partial charge in [0, 0.05) is 12.2 Å². The Bertz CT molecular complexity index is 209. The summed E-state index contributed by atoms with van der Waals surface area (Å²) < 4.78 is 0. The molecule has 0 bridgehead atoms. The van der Waals surface area contributed by atoms with Gasteiger partial charge in [0.05, 0.1) is 0 Å². The van der Waals surface area contributed by atoms with Crippen LogP contribution in [-0.4, -0.2) is 6.54 Å². The summed E-state index contributed by atoms with van der Waals surface area (Å²) in [6.45, 7) is 13.0. The van der Waals surface area contributed by atoms with E-state index in [1.165, 1.54) is 16.8 Å². The summed E-state index contributed by atoms with van der Waals surface area (Å²) in [6.07, 6.45) is 3.97. The number of likely N-dealkylation sites (N-methyl/N-ethyl adjacent to an activating group) is 1. The molecule has 68 valence electrons. The fourth-order valence-corrected chi connectivity index (χ4v) is 1.01. The van der Waals surface area contributed by atoms with Gasteiger partial charge in [-0.2, -0.15) is 0 Å². The van der Waals surface area contributed by atoms with Crippen LogP contribution >= 0.6 is 0 Å². The lowest BCUT2D eigenvalue weighted by atomic mass is 10.1. The third-order valence-corrected chi connectivity index (χ3v) is 1.96. The number of hydrogen-bond donors (Lipinski definition) is 1. The van der Waals surface area contributed by atoms with Crippen LogP contribution in [-0.2, 0) is 0 Å². The molecule has 0 aliphatic heterocycles. The lowest BCUT2D eigenvalue weighted by Gasteiger charge is -2.10. The van der Waals surface area contributed by atoms with Gasteiger partial charge >= 0.3 is 0 Å². The minimum Gasteiger partial charge on any atom is -0.385 e. The predicted octanol–water partition coefficient (Wildman–Crippen LogP) is 3.02. The van der Waals surface area contributed by atoms with Crippen molar-refractivity contribution >= 4 is 0 Å². The molecule has 0 aromatic carbocycles. The van der Waals surface area contributed by atoms with E-state index in [-0.39, 0.29) is 0 Å². The van der Waals surface area contributed by atoms with E-state index in [4.69, 9.17) is 0 Å². The van der Waals surface area contributed by atoms with E-state index < -0.39 is 0 Å². The van der Waals surface area contributed by atoms with Gasteiger partial charge in [0.1, 0.15) is 0 Å². The third-order valence-electron chi connectivity index (χ3n) is 1.96. The molecule has 0 aliphatic rings. The van der Waals surface area contributed by atoms with Gasteiger partial charge < -0.3 is 5.32 Å². The Balaban J connectivity index is 4.64. The van der Waals surface area contributed by atoms with Crippen LogP contribution in [0.2, 0.25) is 0 Å². The summed E-state index contributed by atoms with van der Waals surface area (Å²) in [6, 6.07) is 0. The Morgan fingerprint density at radius 3 is 2.33 bits per heavy atom. The Morgan fingerprint density at radius 2 is 2.00 bits per heavy atom. The van der Waals surface area contributed by atoms with Gasteiger partial charge in [-0.15, -0.1) is 0 Å². The monoisotopic (exact) mass is 165 g/mol. The molecule has 12 heavy (non-hydrogen) atoms. The zero-order valence-corrected chi connectivity index (χ0v) is 8.57. The third kappa shape index (κ3) is 2.95. The Labute approximate surface area is 75.9 Å². The second-order valence-corrected chi connectivity index (χ2v) is 2.74. The molecule has 0 unspecified atom stereocenters. The van der Waals surface area contributed by atoms with Crippen LogP contribution in [0.3, 0.4) is 0 Å². The lowest BCUT2D eigenvalue weighted by molar-refractivity contribution is 0.856. The summed E-state index contributed by atoms with van der Waals surface area (Å²) in [5, 5.41) is 3.30. The second-order valence-electron chi connectivity index (χ2n) is 2.74. The molecular weight excluding hydrogens is 146 g/mol. The van der Waals surface area contributed by atoms with E-state index in [1.54, 1.807) is 0 Å². The van der Waals surface area contributed by atoms with E-state index in [2.05, 4.69) is 38.7 Å². The van der Waals surface area contributed by atoms with Gasteiger partial charge in [-0.25, -0.2) is 0 Å². The molecule has 0 aromatic rings. The molecule has 0 fully saturated rings. The van der Waals surface area contributed by atoms with Crippen LogP contribution in [0.1, 0.15) is 27.7 Å². The van der Waals surface area contributed by atoms with Gasteiger partial charge in [0.15, 0.2) is 0 Å². The molecule has 0 heterocycles. The van der Waals surface area contributed by atoms with E-state index in [0.29, 0.717) is 0 Å². The highest BCUT2D eigenvalue weighted by Crippen LogP contribution is 2.11. The van der Waals surface area contributed by atoms with Crippen molar-refractivity contribution in [3.8, 4) is 0 Å². The van der Waals surface area contributed by atoms with Gasteiger partial charge in [-0.05, 0) is 38.8 Å². The topological polar surface area (TPSA) is 12.0 Å². The van der Waals surface area contributed by atoms with Crippen molar-refractivity contribution < 1.29 is 0 Å². The van der Waals surface area contributed by atoms with Crippen LogP contribution < -0.4 is 5.32 Å². The molecule has 0 amide bonds. The molecule has 0 radical (unpaired) electrons. The van der Waals surface area contributed by atoms with Crippen LogP contribution in [0.4, 0.5) is 0 Å². The first kappa shape index (κ1) is 11.0. The number of nitrogens with one attached hydrogen (secondary N) is 1. The summed E-state index contributed by atoms with van der Waals surface area (Å²) in [5.41, 5.74) is 3.70. The van der Waals surface area contributed by atoms with Crippen LogP contribution in [0.5, 0.6) is 0 Å². The van der Waals surface area contributed by atoms with Crippen molar-refractivity contribution in [3.05, 3.63) is 35.6 Å². The fourth-order valence-electron chi connectivity index (χ4n) is 1.01. The van der Waals surface area contributed by atoms with Crippen molar-refractivity contribution in [1.29, 1.82) is 0 Å². The summed E-state index contributed by atoms with van der Waals surface area (Å²) in [7, 11) is 0. The minimum atomic E-state index is 0.960. The standard InChI is InChI=1S/C11H19N/c1-6-9(4)10(5)11(7-2)12-8-3/h6-7,12H,1,8H2,2-5H3/b10-9-,11-7+. The van der Waals surface area contributed by atoms with E-state index in [9.17, 15) is 0 Å². The van der Waals surface area contributed by atoms with Crippen LogP contribution in [0.25, 0.3) is 0 Å². The quantitative estimate of drug-likeness (QED) is 0.631. The smallest absolute Gasteiger partial charge is 0.0329 e. The van der Waals surface area contributed by atoms with Gasteiger partial charge in [0.2, 0.25) is 0 Å². The molecular formula is C11H19N. The van der Waals surface area contributed by atoms with Gasteiger partial charge in [-0.1, -0.05) is 18.7 Å². The first-order valence-electron chi connectivity index (χ1n) is 4.37. The second kappa shape index (κ2) is 5.64. The number of allylic oxidation sites excluding steroid dienone is 4. The van der Waals surface area contributed by atoms with Gasteiger partial charge in [-0.3, -0.25) is 0 Å². The summed E-state index contributed by atoms with van der Waals surface area (Å²) in [4.78, 5) is 0. The first-order valence-corrected chi connectivity index (χ1v) is 4.37. The Hall–Kier alpha value is -0.980. The van der Waals surface area contributed by atoms with Crippen molar-refractivity contribution in [2.24, 2.45) is 0 Å². The zero-order valence-electron chi connectivity index (χ0n) is 8.57. The predicted molar refractivity (Wildman–Crippen MR) is 56.0 cm³/mol. The molecule has 0 spiro atoms. The van der Waals surface area contributed by atoms with E-state index in [1.807, 2.05) is 13.0 Å². The highest BCUT2D eigenvalue weighted by atomic mass is 14.9. The fraction of sp³-hybridized carbons (Fsp3) is 0.455. The molecule has 1 nitrogen and oxygen atoms in total. The Kier molecular flexibility index (Phi) is 5.18. The van der Waals surface area contributed by atoms with Crippen molar-refractivity contribution in [2.45, 2.75) is 27.7 Å². The normalized spacial score (nSPS) is 13.8. The molecule has 0 saturated carbocycles. The van der Waals surface area contributed by atoms with Crippen molar-refractivity contribution in [3.63, 3.8) is 0 Å². The van der Waals surface area contributed by atoms with Crippen molar-refractivity contribution in [2.75, 3.05) is 6.54 Å². The molecule has 0 atom stereocenters. The molecule has 1 N–H and O–H groups in total. The average molecular weight is 165 g/mol. The highest BCUT2D eigenvalue weighted by Gasteiger charge is 1.98. The number of rotatable bonds is 4. The van der Waals surface area contributed by atoms with Crippen LogP contribution in [0.15, 0.2) is 35.6 Å². The lowest BCUT2D eigenvalue weighted by Crippen LogP contribution is -2.13. The highest BCUT2D eigenvalue weighted by molar-refractivity contribution is 5.35. The summed E-state index contributed by atoms with van der Waals surface area (Å²) >= 11 is 0. The van der Waals surface area contributed by atoms with E-state index >= 15 is 0 Å². The molecule has 0 aromatic heterocycles. The largest absolute Gasteiger partial charge is 0.385 e. The van der Waals surface area contributed by atoms with Crippen molar-refractivity contribution in [1.82, 2.24) is 5.32 Å². The summed E-state index contributed by atoms with van der Waals surface area (Å²) in [5.74, 6) is 0. The minimum absolute atomic E-state index is 0.960. The zero-order chi connectivity index (χ0) is 9.56. The maximum absolute atomic E-state index is 3.75. The van der Waals surface area contributed by atoms with Crippen LogP contribution in [0, 0.1) is 0 Å². The van der Waals surface area contributed by atoms with Gasteiger partial charge in [0.25, 0.3) is 0 Å². The maximum atomic E-state index is 3.75. The molecule has 1 heteroatoms. The maximum Gasteiger partial charge on any atom is 0.0329 e. The average Bonchev–Trinajstić information content (AvgIpc) is 2.11. The molecule has 0 saturated heterocycles.